The number of nitrogens with zero attached hydrogens (tertiary/aromatic N) is 3. The van der Waals surface area contributed by atoms with Gasteiger partial charge in [0.05, 0.1) is 28.4 Å². The SMILES string of the molecule is Cc1cc2[nH]c(-c3cccc(C(C)C)c3)nc2cc1Nc1nc(-c2ccc(C#N)cc2)cs1. The Morgan fingerprint density at radius 2 is 1.82 bits per heavy atom. The molecule has 3 aromatic carbocycles. The lowest BCUT2D eigenvalue weighted by molar-refractivity contribution is 0.867. The molecule has 5 rings (SSSR count). The summed E-state index contributed by atoms with van der Waals surface area (Å²) in [5, 5.41) is 15.3. The van der Waals surface area contributed by atoms with Crippen molar-refractivity contribution in [2.75, 3.05) is 5.32 Å². The van der Waals surface area contributed by atoms with Gasteiger partial charge in [-0.15, -0.1) is 11.3 Å². The van der Waals surface area contributed by atoms with Gasteiger partial charge in [-0.1, -0.05) is 44.2 Å². The topological polar surface area (TPSA) is 77.4 Å². The van der Waals surface area contributed by atoms with Crippen LogP contribution < -0.4 is 5.32 Å². The minimum absolute atomic E-state index is 0.472. The Balaban J connectivity index is 1.42. The predicted molar refractivity (Wildman–Crippen MR) is 136 cm³/mol. The molecule has 6 heteroatoms. The standard InChI is InChI=1S/C27H23N5S/c1-16(2)20-5-4-6-21(12-20)26-29-23-11-17(3)22(13-24(23)30-26)31-27-32-25(15-33-27)19-9-7-18(14-28)8-10-19/h4-13,15-16H,1-3H3,(H,29,30)(H,31,32). The smallest absolute Gasteiger partial charge is 0.187 e. The third kappa shape index (κ3) is 4.23. The molecule has 5 aromatic rings. The van der Waals surface area contributed by atoms with Crippen LogP contribution in [0.5, 0.6) is 0 Å². The van der Waals surface area contributed by atoms with Crippen molar-refractivity contribution in [2.45, 2.75) is 26.7 Å². The Morgan fingerprint density at radius 3 is 2.58 bits per heavy atom. The number of rotatable bonds is 5. The Kier molecular flexibility index (Phi) is 5.41. The van der Waals surface area contributed by atoms with E-state index in [9.17, 15) is 0 Å². The summed E-state index contributed by atoms with van der Waals surface area (Å²) in [7, 11) is 0. The third-order valence-corrected chi connectivity index (χ3v) is 6.47. The van der Waals surface area contributed by atoms with E-state index in [-0.39, 0.29) is 0 Å². The molecule has 0 radical (unpaired) electrons. The number of nitriles is 1. The Hall–Kier alpha value is -3.95. The first-order chi connectivity index (χ1) is 16.0. The maximum atomic E-state index is 8.99. The minimum Gasteiger partial charge on any atom is -0.338 e. The van der Waals surface area contributed by atoms with Crippen LogP contribution in [0, 0.1) is 18.3 Å². The second-order valence-electron chi connectivity index (χ2n) is 8.40. The van der Waals surface area contributed by atoms with E-state index in [2.05, 4.69) is 73.5 Å². The largest absolute Gasteiger partial charge is 0.338 e. The summed E-state index contributed by atoms with van der Waals surface area (Å²) in [5.41, 5.74) is 8.94. The molecule has 0 unspecified atom stereocenters. The van der Waals surface area contributed by atoms with Crippen molar-refractivity contribution in [3.8, 4) is 28.7 Å². The van der Waals surface area contributed by atoms with E-state index in [4.69, 9.17) is 15.2 Å². The van der Waals surface area contributed by atoms with Crippen LogP contribution in [-0.2, 0) is 0 Å². The molecule has 2 heterocycles. The maximum Gasteiger partial charge on any atom is 0.187 e. The van der Waals surface area contributed by atoms with Crippen molar-refractivity contribution < 1.29 is 0 Å². The molecule has 2 N–H and O–H groups in total. The lowest BCUT2D eigenvalue weighted by atomic mass is 10.0. The fraction of sp³-hybridized carbons (Fsp3) is 0.148. The van der Waals surface area contributed by atoms with Gasteiger partial charge in [-0.3, -0.25) is 0 Å². The van der Waals surface area contributed by atoms with Crippen molar-refractivity contribution in [1.82, 2.24) is 15.0 Å². The van der Waals surface area contributed by atoms with Crippen molar-refractivity contribution in [3.05, 3.63) is 82.7 Å². The number of anilines is 2. The van der Waals surface area contributed by atoms with Gasteiger partial charge in [0, 0.05) is 22.2 Å². The molecule has 33 heavy (non-hydrogen) atoms. The molecule has 0 aliphatic rings. The molecular formula is C27H23N5S. The molecule has 0 aliphatic heterocycles. The molecule has 0 fully saturated rings. The number of hydrogen-bond donors (Lipinski definition) is 2. The molecule has 0 amide bonds. The van der Waals surface area contributed by atoms with E-state index in [0.717, 1.165) is 50.1 Å². The van der Waals surface area contributed by atoms with Crippen molar-refractivity contribution in [2.24, 2.45) is 0 Å². The highest BCUT2D eigenvalue weighted by Crippen LogP contribution is 2.31. The normalized spacial score (nSPS) is 11.1. The van der Waals surface area contributed by atoms with Crippen molar-refractivity contribution >= 4 is 33.2 Å². The first kappa shape index (κ1) is 20.9. The van der Waals surface area contributed by atoms with E-state index in [1.807, 2.05) is 29.6 Å². The van der Waals surface area contributed by atoms with Gasteiger partial charge in [-0.2, -0.15) is 5.26 Å². The van der Waals surface area contributed by atoms with Gasteiger partial charge in [-0.25, -0.2) is 9.97 Å². The monoisotopic (exact) mass is 449 g/mol. The van der Waals surface area contributed by atoms with Gasteiger partial charge in [0.25, 0.3) is 0 Å². The summed E-state index contributed by atoms with van der Waals surface area (Å²) in [6, 6.07) is 22.3. The first-order valence-corrected chi connectivity index (χ1v) is 11.7. The summed E-state index contributed by atoms with van der Waals surface area (Å²) in [6.07, 6.45) is 0. The number of fused-ring (bicyclic) bond motifs is 1. The average Bonchev–Trinajstić information content (AvgIpc) is 3.46. The fourth-order valence-corrected chi connectivity index (χ4v) is 4.51. The predicted octanol–water partition coefficient (Wildman–Crippen LogP) is 7.40. The van der Waals surface area contributed by atoms with Crippen molar-refractivity contribution in [1.29, 1.82) is 5.26 Å². The van der Waals surface area contributed by atoms with Crippen LogP contribution in [0.15, 0.2) is 66.0 Å². The molecule has 5 nitrogen and oxygen atoms in total. The zero-order chi connectivity index (χ0) is 22.9. The highest BCUT2D eigenvalue weighted by atomic mass is 32.1. The summed E-state index contributed by atoms with van der Waals surface area (Å²) in [6.45, 7) is 6.48. The van der Waals surface area contributed by atoms with Gasteiger partial charge in [0.2, 0.25) is 0 Å². The average molecular weight is 450 g/mol. The Bertz CT molecular complexity index is 1490. The molecule has 162 valence electrons. The zero-order valence-electron chi connectivity index (χ0n) is 18.7. The summed E-state index contributed by atoms with van der Waals surface area (Å²) >= 11 is 1.55. The Morgan fingerprint density at radius 1 is 1.00 bits per heavy atom. The van der Waals surface area contributed by atoms with E-state index in [1.54, 1.807) is 11.3 Å². The van der Waals surface area contributed by atoms with Gasteiger partial charge in [-0.05, 0) is 54.3 Å². The maximum absolute atomic E-state index is 8.99. The summed E-state index contributed by atoms with van der Waals surface area (Å²) in [5.74, 6) is 1.35. The van der Waals surface area contributed by atoms with Crippen LogP contribution in [0.25, 0.3) is 33.7 Å². The lowest BCUT2D eigenvalue weighted by Gasteiger charge is -2.06. The molecule has 0 bridgehead atoms. The minimum atomic E-state index is 0.472. The molecule has 0 aliphatic carbocycles. The molecule has 0 atom stereocenters. The number of imidazole rings is 1. The van der Waals surface area contributed by atoms with E-state index >= 15 is 0 Å². The second-order valence-corrected chi connectivity index (χ2v) is 9.26. The van der Waals surface area contributed by atoms with Gasteiger partial charge in [0.15, 0.2) is 5.13 Å². The molecule has 0 spiro atoms. The number of nitrogens with one attached hydrogen (secondary N) is 2. The van der Waals surface area contributed by atoms with Gasteiger partial charge < -0.3 is 10.3 Å². The number of aromatic nitrogens is 3. The van der Waals surface area contributed by atoms with Crippen LogP contribution in [-0.4, -0.2) is 15.0 Å². The number of H-pyrrole nitrogens is 1. The van der Waals surface area contributed by atoms with Crippen LogP contribution in [0.3, 0.4) is 0 Å². The van der Waals surface area contributed by atoms with Crippen LogP contribution >= 0.6 is 11.3 Å². The van der Waals surface area contributed by atoms with E-state index in [0.29, 0.717) is 11.5 Å². The molecule has 0 saturated carbocycles. The first-order valence-electron chi connectivity index (χ1n) is 10.8. The second kappa shape index (κ2) is 8.53. The summed E-state index contributed by atoms with van der Waals surface area (Å²) in [4.78, 5) is 13.1. The number of aromatic amines is 1. The van der Waals surface area contributed by atoms with Gasteiger partial charge >= 0.3 is 0 Å². The van der Waals surface area contributed by atoms with Crippen LogP contribution in [0.4, 0.5) is 10.8 Å². The lowest BCUT2D eigenvalue weighted by Crippen LogP contribution is -1.93. The quantitative estimate of drug-likeness (QED) is 0.293. The molecule has 0 saturated heterocycles. The number of benzene rings is 3. The number of aryl methyl sites for hydroxylation is 1. The molecule has 2 aromatic heterocycles. The van der Waals surface area contributed by atoms with Gasteiger partial charge in [0.1, 0.15) is 5.82 Å². The highest BCUT2D eigenvalue weighted by Gasteiger charge is 2.12. The Labute approximate surface area is 196 Å². The fourth-order valence-electron chi connectivity index (χ4n) is 3.78. The highest BCUT2D eigenvalue weighted by molar-refractivity contribution is 7.14. The third-order valence-electron chi connectivity index (χ3n) is 5.71. The zero-order valence-corrected chi connectivity index (χ0v) is 19.5. The van der Waals surface area contributed by atoms with Crippen LogP contribution in [0.2, 0.25) is 0 Å². The van der Waals surface area contributed by atoms with Crippen LogP contribution in [0.1, 0.15) is 36.5 Å². The summed E-state index contributed by atoms with van der Waals surface area (Å²) < 4.78 is 0. The van der Waals surface area contributed by atoms with Crippen molar-refractivity contribution in [3.63, 3.8) is 0 Å². The van der Waals surface area contributed by atoms with E-state index in [1.165, 1.54) is 5.56 Å². The molecular weight excluding hydrogens is 426 g/mol. The van der Waals surface area contributed by atoms with E-state index < -0.39 is 0 Å². The number of hydrogen-bond acceptors (Lipinski definition) is 5. The number of thiazole rings is 1.